The first-order valence-corrected chi connectivity index (χ1v) is 39.6. The van der Waals surface area contributed by atoms with Crippen molar-refractivity contribution in [1.82, 2.24) is 5.32 Å². The number of nitrogens with one attached hydrogen (secondary N) is 1. The summed E-state index contributed by atoms with van der Waals surface area (Å²) in [5.41, 5.74) is 0. The molecule has 588 valence electrons. The van der Waals surface area contributed by atoms with E-state index in [0.29, 0.717) is 19.3 Å². The molecule has 0 spiro atoms. The van der Waals surface area contributed by atoms with Crippen LogP contribution >= 0.6 is 0 Å². The summed E-state index contributed by atoms with van der Waals surface area (Å²) in [5.74, 6) is -0.272. The Morgan fingerprint density at radius 3 is 1.05 bits per heavy atom. The Labute approximate surface area is 619 Å². The maximum atomic E-state index is 13.5. The number of hydrogen-bond acceptors (Lipinski definition) is 18. The number of carbonyl (C=O) groups excluding carboxylic acids is 1. The second-order valence-corrected chi connectivity index (χ2v) is 27.4. The highest BCUT2D eigenvalue weighted by Gasteiger charge is 2.54. The maximum absolute atomic E-state index is 13.5. The van der Waals surface area contributed by atoms with Crippen LogP contribution < -0.4 is 5.32 Å². The lowest BCUT2D eigenvalue weighted by atomic mass is 9.96. The molecule has 12 N–H and O–H groups in total. The Morgan fingerprint density at radius 1 is 0.359 bits per heavy atom. The van der Waals surface area contributed by atoms with Crippen molar-refractivity contribution in [1.29, 1.82) is 0 Å². The summed E-state index contributed by atoms with van der Waals surface area (Å²) in [4.78, 5) is 13.5. The molecule has 0 aromatic heterocycles. The van der Waals surface area contributed by atoms with Crippen molar-refractivity contribution >= 4 is 5.91 Å². The van der Waals surface area contributed by atoms with Crippen LogP contribution in [0, 0.1) is 0 Å². The highest BCUT2D eigenvalue weighted by molar-refractivity contribution is 5.76. The zero-order valence-electron chi connectivity index (χ0n) is 62.7. The minimum Gasteiger partial charge on any atom is -0.394 e. The molecular weight excluding hydrogens is 1310 g/mol. The Hall–Kier alpha value is -4.33. The van der Waals surface area contributed by atoms with Gasteiger partial charge in [-0.3, -0.25) is 4.79 Å². The van der Waals surface area contributed by atoms with E-state index in [-0.39, 0.29) is 18.9 Å². The fourth-order valence-electron chi connectivity index (χ4n) is 12.4. The lowest BCUT2D eigenvalue weighted by Gasteiger charge is -2.48. The molecule has 0 saturated carbocycles. The minimum absolute atomic E-state index is 0.227. The smallest absolute Gasteiger partial charge is 0.220 e. The molecule has 19 heteroatoms. The monoisotopic (exact) mass is 1450 g/mol. The third kappa shape index (κ3) is 42.7. The Kier molecular flexibility index (Phi) is 56.5. The highest BCUT2D eigenvalue weighted by Crippen LogP contribution is 2.33. The van der Waals surface area contributed by atoms with Gasteiger partial charge < -0.3 is 89.9 Å². The molecule has 3 aliphatic rings. The second-order valence-electron chi connectivity index (χ2n) is 27.4. The number of amides is 1. The van der Waals surface area contributed by atoms with Crippen molar-refractivity contribution in [3.05, 3.63) is 146 Å². The van der Waals surface area contributed by atoms with Crippen molar-refractivity contribution < 1.29 is 89.4 Å². The molecule has 103 heavy (non-hydrogen) atoms. The standard InChI is InChI=1S/C84H139NO18/c1-3-5-7-9-11-13-15-17-19-21-22-23-24-25-26-27-28-29-30-31-32-33-34-35-36-37-38-39-40-41-42-43-44-46-48-50-52-54-56-58-60-62-72(90)85-67(68(89)61-59-57-55-53-51-49-47-45-20-18-16-14-12-10-8-6-4-2)66-98-82-78(96)75(93)80(70(64-87)100-82)103-84-79(97)76(94)81(71(65-88)101-84)102-83-77(95)74(92)73(91)69(63-86)99-83/h5,7,11,13,17,19,22-23,25-26,28-29,31-32,34-35,37-38,40-41,43-44,48,50,67-71,73-84,86-89,91-97H,3-4,6,8-10,12,14-16,18,20-21,24,27,30,33,36,39,42,45-47,49,51-66H2,1-2H3,(H,85,90)/b7-5-,13-11-,19-17-,23-22-,26-25-,29-28-,32-31-,35-34-,38-37-,41-40-,44-43-,50-48-. The molecule has 0 aromatic carbocycles. The van der Waals surface area contributed by atoms with Crippen LogP contribution in [-0.4, -0.2) is 193 Å². The van der Waals surface area contributed by atoms with Gasteiger partial charge in [-0.05, 0) is 103 Å². The summed E-state index contributed by atoms with van der Waals surface area (Å²) in [7, 11) is 0. The summed E-state index contributed by atoms with van der Waals surface area (Å²) >= 11 is 0. The summed E-state index contributed by atoms with van der Waals surface area (Å²) < 4.78 is 34.4. The first-order chi connectivity index (χ1) is 50.3. The molecular formula is C84H139NO18. The van der Waals surface area contributed by atoms with Gasteiger partial charge in [-0.15, -0.1) is 0 Å². The lowest BCUT2D eigenvalue weighted by molar-refractivity contribution is -0.379. The van der Waals surface area contributed by atoms with Gasteiger partial charge in [0.05, 0.1) is 38.6 Å². The molecule has 3 heterocycles. The molecule has 0 radical (unpaired) electrons. The van der Waals surface area contributed by atoms with Crippen LogP contribution in [0.4, 0.5) is 0 Å². The van der Waals surface area contributed by atoms with Gasteiger partial charge in [0.25, 0.3) is 0 Å². The molecule has 17 unspecified atom stereocenters. The zero-order valence-corrected chi connectivity index (χ0v) is 62.7. The predicted molar refractivity (Wildman–Crippen MR) is 410 cm³/mol. The number of aliphatic hydroxyl groups is 11. The summed E-state index contributed by atoms with van der Waals surface area (Å²) in [5, 5.41) is 121. The first kappa shape index (κ1) is 92.9. The number of unbranched alkanes of at least 4 members (excludes halogenated alkanes) is 20. The van der Waals surface area contributed by atoms with Gasteiger partial charge in [0.15, 0.2) is 18.9 Å². The number of allylic oxidation sites excluding steroid dienone is 24. The van der Waals surface area contributed by atoms with E-state index in [4.69, 9.17) is 28.4 Å². The molecule has 1 amide bonds. The van der Waals surface area contributed by atoms with Crippen molar-refractivity contribution in [2.45, 2.75) is 349 Å². The molecule has 3 fully saturated rings. The summed E-state index contributed by atoms with van der Waals surface area (Å²) in [6.07, 6.45) is 63.6. The third-order valence-corrected chi connectivity index (χ3v) is 18.7. The van der Waals surface area contributed by atoms with E-state index in [1.165, 1.54) is 83.5 Å². The van der Waals surface area contributed by atoms with Gasteiger partial charge in [0, 0.05) is 6.42 Å². The van der Waals surface area contributed by atoms with E-state index in [1.54, 1.807) is 0 Å². The molecule has 3 rings (SSSR count). The van der Waals surface area contributed by atoms with Crippen molar-refractivity contribution in [2.75, 3.05) is 26.4 Å². The fourth-order valence-corrected chi connectivity index (χ4v) is 12.4. The van der Waals surface area contributed by atoms with Crippen LogP contribution in [0.25, 0.3) is 0 Å². The van der Waals surface area contributed by atoms with Crippen molar-refractivity contribution in [3.8, 4) is 0 Å². The third-order valence-electron chi connectivity index (χ3n) is 18.7. The van der Waals surface area contributed by atoms with E-state index in [9.17, 15) is 61.0 Å². The molecule has 3 aliphatic heterocycles. The van der Waals surface area contributed by atoms with Gasteiger partial charge in [-0.1, -0.05) is 282 Å². The van der Waals surface area contributed by atoms with Crippen molar-refractivity contribution in [3.63, 3.8) is 0 Å². The average Bonchev–Trinajstić information content (AvgIpc) is 0.782. The Balaban J connectivity index is 1.35. The first-order valence-electron chi connectivity index (χ1n) is 39.6. The fraction of sp³-hybridized carbons (Fsp3) is 0.702. The van der Waals surface area contributed by atoms with Gasteiger partial charge in [-0.25, -0.2) is 0 Å². The van der Waals surface area contributed by atoms with Crippen LogP contribution in [0.2, 0.25) is 0 Å². The SMILES string of the molecule is CC/C=C\C/C=C\C/C=C\C/C=C\C/C=C\C/C=C\C/C=C\C/C=C\C/C=C\C/C=C\C/C=C\C/C=C\CCCCCCC(=O)NC(COC1OC(CO)C(OC2OC(CO)C(OC3OC(CO)C(O)C(O)C3O)C(O)C2O)C(O)C1O)C(O)CCCCCCCCCCCCCCCCCCC. The lowest BCUT2D eigenvalue weighted by Crippen LogP contribution is -2.66. The van der Waals surface area contributed by atoms with Crippen LogP contribution in [0.15, 0.2) is 146 Å². The van der Waals surface area contributed by atoms with Crippen LogP contribution in [0.1, 0.15) is 245 Å². The Bertz CT molecular complexity index is 2430. The summed E-state index contributed by atoms with van der Waals surface area (Å²) in [6.45, 7) is 1.66. The molecule has 19 nitrogen and oxygen atoms in total. The van der Waals surface area contributed by atoms with E-state index < -0.39 is 124 Å². The van der Waals surface area contributed by atoms with Crippen LogP contribution in [0.3, 0.4) is 0 Å². The number of rotatable bonds is 60. The average molecular weight is 1450 g/mol. The second kappa shape index (κ2) is 62.7. The minimum atomic E-state index is -1.98. The van der Waals surface area contributed by atoms with Gasteiger partial charge >= 0.3 is 0 Å². The molecule has 0 bridgehead atoms. The van der Waals surface area contributed by atoms with Crippen LogP contribution in [-0.2, 0) is 33.2 Å². The topological polar surface area (TPSA) is 307 Å². The number of ether oxygens (including phenoxy) is 6. The Morgan fingerprint density at radius 2 is 0.670 bits per heavy atom. The molecule has 0 aliphatic carbocycles. The van der Waals surface area contributed by atoms with E-state index >= 15 is 0 Å². The molecule has 17 atom stereocenters. The van der Waals surface area contributed by atoms with Crippen molar-refractivity contribution in [2.24, 2.45) is 0 Å². The van der Waals surface area contributed by atoms with Gasteiger partial charge in [0.1, 0.15) is 73.2 Å². The molecule has 3 saturated heterocycles. The maximum Gasteiger partial charge on any atom is 0.220 e. The number of hydrogen-bond donors (Lipinski definition) is 12. The van der Waals surface area contributed by atoms with E-state index in [0.717, 1.165) is 122 Å². The predicted octanol–water partition coefficient (Wildman–Crippen LogP) is 13.1. The quantitative estimate of drug-likeness (QED) is 0.0199. The largest absolute Gasteiger partial charge is 0.394 e. The highest BCUT2D eigenvalue weighted by atomic mass is 16.8. The van der Waals surface area contributed by atoms with Crippen LogP contribution in [0.5, 0.6) is 0 Å². The number of aliphatic hydroxyl groups excluding tert-OH is 11. The van der Waals surface area contributed by atoms with Gasteiger partial charge in [0.2, 0.25) is 5.91 Å². The van der Waals surface area contributed by atoms with E-state index in [1.807, 2.05) is 0 Å². The number of carbonyl (C=O) groups is 1. The van der Waals surface area contributed by atoms with Gasteiger partial charge in [-0.2, -0.15) is 0 Å². The molecule has 0 aromatic rings. The zero-order chi connectivity index (χ0) is 74.6. The van der Waals surface area contributed by atoms with E-state index in [2.05, 4.69) is 165 Å². The summed E-state index contributed by atoms with van der Waals surface area (Å²) in [6, 6.07) is -0.912. The normalized spacial score (nSPS) is 26.9.